The van der Waals surface area contributed by atoms with Gasteiger partial charge in [0.2, 0.25) is 5.91 Å². The molecule has 20 heavy (non-hydrogen) atoms. The van der Waals surface area contributed by atoms with Crippen LogP contribution in [0.2, 0.25) is 0 Å². The molecule has 0 rings (SSSR count). The molecule has 0 fully saturated rings. The molecule has 2 N–H and O–H groups in total. The van der Waals surface area contributed by atoms with Crippen molar-refractivity contribution in [1.29, 1.82) is 0 Å². The Bertz CT molecular complexity index is 383. The Kier molecular flexibility index (Phi) is 6.47. The molecule has 0 aliphatic carbocycles. The number of hydrogen-bond acceptors (Lipinski definition) is 4. The number of carbonyl (C=O) groups excluding carboxylic acids is 2. The zero-order valence-electron chi connectivity index (χ0n) is 11.0. The van der Waals surface area contributed by atoms with Gasteiger partial charge in [-0.25, -0.2) is 0 Å². The first-order chi connectivity index (χ1) is 9.08. The molecule has 0 heterocycles. The summed E-state index contributed by atoms with van der Waals surface area (Å²) in [5, 5.41) is 10.2. The van der Waals surface area contributed by atoms with Gasteiger partial charge >= 0.3 is 18.1 Å². The monoisotopic (exact) mass is 299 g/mol. The maximum Gasteiger partial charge on any atom is 0.412 e. The molecule has 0 aromatic rings. The van der Waals surface area contributed by atoms with Crippen molar-refractivity contribution in [3.8, 4) is 0 Å². The van der Waals surface area contributed by atoms with Gasteiger partial charge in [0, 0.05) is 0 Å². The van der Waals surface area contributed by atoms with Gasteiger partial charge in [0.1, 0.15) is 12.0 Å². The number of nitrogens with one attached hydrogen (secondary N) is 1. The fraction of sp³-hybridized carbons (Fsp3) is 0.727. The van der Waals surface area contributed by atoms with Crippen molar-refractivity contribution in [2.75, 3.05) is 6.61 Å². The van der Waals surface area contributed by atoms with Gasteiger partial charge in [-0.1, -0.05) is 6.92 Å². The molecule has 1 unspecified atom stereocenters. The minimum atomic E-state index is -4.95. The van der Waals surface area contributed by atoms with Crippen LogP contribution in [0.15, 0.2) is 0 Å². The highest BCUT2D eigenvalue weighted by atomic mass is 19.4. The van der Waals surface area contributed by atoms with E-state index in [2.05, 4.69) is 4.74 Å². The Morgan fingerprint density at radius 2 is 1.75 bits per heavy atom. The summed E-state index contributed by atoms with van der Waals surface area (Å²) >= 11 is 0. The van der Waals surface area contributed by atoms with E-state index in [0.717, 1.165) is 6.92 Å². The number of alkyl halides is 3. The highest BCUT2D eigenvalue weighted by Gasteiger charge is 2.55. The van der Waals surface area contributed by atoms with Crippen LogP contribution < -0.4 is 5.32 Å². The number of aliphatic carboxylic acids is 1. The summed E-state index contributed by atoms with van der Waals surface area (Å²) in [6.07, 6.45) is -7.84. The van der Waals surface area contributed by atoms with Gasteiger partial charge in [-0.3, -0.25) is 14.4 Å². The summed E-state index contributed by atoms with van der Waals surface area (Å²) in [5.41, 5.74) is -2.90. The molecular formula is C11H16F3NO5. The van der Waals surface area contributed by atoms with E-state index in [9.17, 15) is 27.6 Å². The standard InChI is InChI=1S/C11H16F3NO5/c1-3-10(6-8(17)18,11(12,13)14)15-7(16)5-9(19)20-4-2/h3-6H2,1-2H3,(H,15,16)(H,17,18). The number of amides is 1. The van der Waals surface area contributed by atoms with Gasteiger partial charge in [0.15, 0.2) is 0 Å². The van der Waals surface area contributed by atoms with Crippen LogP contribution in [0.3, 0.4) is 0 Å². The largest absolute Gasteiger partial charge is 0.481 e. The van der Waals surface area contributed by atoms with Crippen molar-refractivity contribution in [2.45, 2.75) is 44.8 Å². The van der Waals surface area contributed by atoms with Crippen molar-refractivity contribution >= 4 is 17.8 Å². The van der Waals surface area contributed by atoms with Crippen LogP contribution in [0.4, 0.5) is 13.2 Å². The fourth-order valence-corrected chi connectivity index (χ4v) is 1.54. The lowest BCUT2D eigenvalue weighted by molar-refractivity contribution is -0.205. The number of carboxylic acids is 1. The smallest absolute Gasteiger partial charge is 0.412 e. The van der Waals surface area contributed by atoms with Gasteiger partial charge in [-0.05, 0) is 13.3 Å². The van der Waals surface area contributed by atoms with Gasteiger partial charge in [-0.15, -0.1) is 0 Å². The number of ether oxygens (including phenoxy) is 1. The van der Waals surface area contributed by atoms with E-state index >= 15 is 0 Å². The molecule has 0 saturated carbocycles. The van der Waals surface area contributed by atoms with Crippen molar-refractivity contribution in [2.24, 2.45) is 0 Å². The quantitative estimate of drug-likeness (QED) is 0.545. The summed E-state index contributed by atoms with van der Waals surface area (Å²) in [6, 6.07) is 0. The number of hydrogen-bond donors (Lipinski definition) is 2. The second-order valence-electron chi connectivity index (χ2n) is 4.03. The Balaban J connectivity index is 5.03. The number of carbonyl (C=O) groups is 3. The second-order valence-corrected chi connectivity index (χ2v) is 4.03. The lowest BCUT2D eigenvalue weighted by Gasteiger charge is -2.34. The van der Waals surface area contributed by atoms with E-state index in [1.165, 1.54) is 6.92 Å². The minimum absolute atomic E-state index is 0.0145. The van der Waals surface area contributed by atoms with Crippen molar-refractivity contribution in [1.82, 2.24) is 5.32 Å². The Morgan fingerprint density at radius 1 is 1.20 bits per heavy atom. The molecule has 0 saturated heterocycles. The molecular weight excluding hydrogens is 283 g/mol. The molecule has 0 bridgehead atoms. The molecule has 6 nitrogen and oxygen atoms in total. The van der Waals surface area contributed by atoms with Crippen LogP contribution in [0.1, 0.15) is 33.1 Å². The van der Waals surface area contributed by atoms with Crippen molar-refractivity contribution in [3.63, 3.8) is 0 Å². The lowest BCUT2D eigenvalue weighted by atomic mass is 9.90. The van der Waals surface area contributed by atoms with Crippen LogP contribution in [-0.2, 0) is 19.1 Å². The van der Waals surface area contributed by atoms with E-state index in [-0.39, 0.29) is 6.61 Å². The molecule has 0 aliphatic heterocycles. The van der Waals surface area contributed by atoms with Gasteiger partial charge < -0.3 is 15.2 Å². The van der Waals surface area contributed by atoms with Crippen LogP contribution in [0, 0.1) is 0 Å². The fourth-order valence-electron chi connectivity index (χ4n) is 1.54. The molecule has 0 aromatic carbocycles. The van der Waals surface area contributed by atoms with Gasteiger partial charge in [0.05, 0.1) is 13.0 Å². The topological polar surface area (TPSA) is 92.7 Å². The van der Waals surface area contributed by atoms with Crippen LogP contribution >= 0.6 is 0 Å². The third kappa shape index (κ3) is 5.06. The minimum Gasteiger partial charge on any atom is -0.481 e. The van der Waals surface area contributed by atoms with Crippen LogP contribution in [-0.4, -0.2) is 41.3 Å². The number of carboxylic acid groups (broad SMARTS) is 1. The van der Waals surface area contributed by atoms with Crippen LogP contribution in [0.5, 0.6) is 0 Å². The summed E-state index contributed by atoms with van der Waals surface area (Å²) in [5.74, 6) is -3.92. The summed E-state index contributed by atoms with van der Waals surface area (Å²) in [7, 11) is 0. The zero-order chi connectivity index (χ0) is 16.0. The maximum atomic E-state index is 13.0. The predicted molar refractivity (Wildman–Crippen MR) is 60.7 cm³/mol. The highest BCUT2D eigenvalue weighted by Crippen LogP contribution is 2.36. The molecule has 0 radical (unpaired) electrons. The third-order valence-electron chi connectivity index (χ3n) is 2.59. The van der Waals surface area contributed by atoms with E-state index in [1.807, 2.05) is 0 Å². The number of esters is 1. The SMILES string of the molecule is CCOC(=O)CC(=O)NC(CC)(CC(=O)O)C(F)(F)F. The Labute approximate surface area is 113 Å². The van der Waals surface area contributed by atoms with Crippen LogP contribution in [0.25, 0.3) is 0 Å². The molecule has 0 aromatic heterocycles. The third-order valence-corrected chi connectivity index (χ3v) is 2.59. The van der Waals surface area contributed by atoms with E-state index in [4.69, 9.17) is 5.11 Å². The molecule has 1 atom stereocenters. The lowest BCUT2D eigenvalue weighted by Crippen LogP contribution is -2.59. The van der Waals surface area contributed by atoms with Crippen molar-refractivity contribution in [3.05, 3.63) is 0 Å². The Hall–Kier alpha value is -1.80. The first-order valence-electron chi connectivity index (χ1n) is 5.83. The highest BCUT2D eigenvalue weighted by molar-refractivity contribution is 5.94. The molecule has 1 amide bonds. The summed E-state index contributed by atoms with van der Waals surface area (Å²) in [6.45, 7) is 2.56. The molecule has 9 heteroatoms. The summed E-state index contributed by atoms with van der Waals surface area (Å²) < 4.78 is 43.4. The van der Waals surface area contributed by atoms with E-state index in [0.29, 0.717) is 0 Å². The first kappa shape index (κ1) is 18.2. The number of rotatable bonds is 7. The van der Waals surface area contributed by atoms with Gasteiger partial charge in [0.25, 0.3) is 0 Å². The second kappa shape index (κ2) is 7.11. The van der Waals surface area contributed by atoms with E-state index < -0.39 is 48.8 Å². The predicted octanol–water partition coefficient (Wildman–Crippen LogP) is 1.24. The molecule has 116 valence electrons. The normalized spacial score (nSPS) is 14.2. The molecule has 0 aliphatic rings. The average molecular weight is 299 g/mol. The van der Waals surface area contributed by atoms with Crippen molar-refractivity contribution < 1.29 is 37.4 Å². The average Bonchev–Trinajstić information content (AvgIpc) is 2.25. The maximum absolute atomic E-state index is 13.0. The summed E-state index contributed by atoms with van der Waals surface area (Å²) in [4.78, 5) is 33.0. The van der Waals surface area contributed by atoms with Gasteiger partial charge in [-0.2, -0.15) is 13.2 Å². The van der Waals surface area contributed by atoms with E-state index in [1.54, 1.807) is 5.32 Å². The number of halogens is 3. The molecule has 0 spiro atoms. The first-order valence-corrected chi connectivity index (χ1v) is 5.83. The Morgan fingerprint density at radius 3 is 2.10 bits per heavy atom. The zero-order valence-corrected chi connectivity index (χ0v) is 11.0.